The quantitative estimate of drug-likeness (QED) is 0.890. The van der Waals surface area contributed by atoms with Gasteiger partial charge in [-0.05, 0) is 44.5 Å². The Morgan fingerprint density at radius 3 is 2.50 bits per heavy atom. The molecule has 1 aromatic carbocycles. The van der Waals surface area contributed by atoms with E-state index in [4.69, 9.17) is 0 Å². The summed E-state index contributed by atoms with van der Waals surface area (Å²) in [6, 6.07) is 5.83. The van der Waals surface area contributed by atoms with Gasteiger partial charge in [-0.15, -0.1) is 0 Å². The average molecular weight is 300 g/mol. The van der Waals surface area contributed by atoms with Gasteiger partial charge < -0.3 is 10.6 Å². The van der Waals surface area contributed by atoms with Crippen molar-refractivity contribution in [3.63, 3.8) is 0 Å². The number of aromatic nitrogens is 2. The number of carbonyl (C=O) groups is 1. The predicted octanol–water partition coefficient (Wildman–Crippen LogP) is 2.17. The summed E-state index contributed by atoms with van der Waals surface area (Å²) in [6.45, 7) is 6.17. The number of nitrogens with one attached hydrogen (secondary N) is 2. The number of hydrogen-bond acceptors (Lipinski definition) is 3. The van der Waals surface area contributed by atoms with Crippen LogP contribution in [-0.2, 0) is 11.8 Å². The number of carbonyl (C=O) groups excluding carboxylic acids is 1. The van der Waals surface area contributed by atoms with Crippen LogP contribution in [0.4, 0.5) is 0 Å². The van der Waals surface area contributed by atoms with Gasteiger partial charge in [-0.25, -0.2) is 0 Å². The summed E-state index contributed by atoms with van der Waals surface area (Å²) in [5.74, 6) is -0.0544. The smallest absolute Gasteiger partial charge is 0.242 e. The molecule has 118 valence electrons. The molecule has 1 amide bonds. The summed E-state index contributed by atoms with van der Waals surface area (Å²) in [5, 5.41) is 10.2. The first-order valence-corrected chi connectivity index (χ1v) is 7.45. The second kappa shape index (κ2) is 6.75. The minimum atomic E-state index is -0.400. The molecule has 1 heterocycles. The number of benzene rings is 1. The van der Waals surface area contributed by atoms with Crippen molar-refractivity contribution in [1.29, 1.82) is 0 Å². The first-order chi connectivity index (χ1) is 10.4. The van der Waals surface area contributed by atoms with E-state index in [0.29, 0.717) is 0 Å². The molecule has 5 nitrogen and oxygen atoms in total. The summed E-state index contributed by atoms with van der Waals surface area (Å²) < 4.78 is 1.69. The lowest BCUT2D eigenvalue weighted by Crippen LogP contribution is -2.37. The highest BCUT2D eigenvalue weighted by atomic mass is 16.2. The fraction of sp³-hybridized carbons (Fsp3) is 0.412. The zero-order valence-corrected chi connectivity index (χ0v) is 13.8. The van der Waals surface area contributed by atoms with Gasteiger partial charge in [0.25, 0.3) is 0 Å². The van der Waals surface area contributed by atoms with E-state index >= 15 is 0 Å². The molecule has 1 aromatic heterocycles. The van der Waals surface area contributed by atoms with Crippen molar-refractivity contribution >= 4 is 5.91 Å². The summed E-state index contributed by atoms with van der Waals surface area (Å²) in [4.78, 5) is 12.5. The van der Waals surface area contributed by atoms with Crippen LogP contribution in [0.5, 0.6) is 0 Å². The molecule has 0 aliphatic carbocycles. The van der Waals surface area contributed by atoms with E-state index in [1.165, 1.54) is 11.1 Å². The minimum Gasteiger partial charge on any atom is -0.348 e. The fourth-order valence-corrected chi connectivity index (χ4v) is 2.45. The highest BCUT2D eigenvalue weighted by Crippen LogP contribution is 2.18. The van der Waals surface area contributed by atoms with Crippen molar-refractivity contribution in [2.24, 2.45) is 7.05 Å². The molecule has 0 aliphatic heterocycles. The van der Waals surface area contributed by atoms with Crippen molar-refractivity contribution < 1.29 is 4.79 Å². The molecule has 5 heteroatoms. The molecule has 0 radical (unpaired) electrons. The summed E-state index contributed by atoms with van der Waals surface area (Å²) >= 11 is 0. The number of hydrogen-bond donors (Lipinski definition) is 2. The lowest BCUT2D eigenvalue weighted by atomic mass is 10.0. The molecule has 0 spiro atoms. The second-order valence-electron chi connectivity index (χ2n) is 5.74. The first-order valence-electron chi connectivity index (χ1n) is 7.45. The van der Waals surface area contributed by atoms with Crippen molar-refractivity contribution in [2.75, 3.05) is 7.05 Å². The third-order valence-electron chi connectivity index (χ3n) is 4.00. The van der Waals surface area contributed by atoms with E-state index in [0.717, 1.165) is 11.1 Å². The Morgan fingerprint density at radius 2 is 1.95 bits per heavy atom. The van der Waals surface area contributed by atoms with Crippen LogP contribution in [0.1, 0.15) is 41.3 Å². The largest absolute Gasteiger partial charge is 0.348 e. The lowest BCUT2D eigenvalue weighted by Gasteiger charge is -2.20. The number of aryl methyl sites for hydroxylation is 3. The Morgan fingerprint density at radius 1 is 1.23 bits per heavy atom. The van der Waals surface area contributed by atoms with Crippen LogP contribution in [-0.4, -0.2) is 22.7 Å². The van der Waals surface area contributed by atoms with Crippen molar-refractivity contribution in [3.05, 3.63) is 52.8 Å². The van der Waals surface area contributed by atoms with Gasteiger partial charge in [0, 0.05) is 18.8 Å². The van der Waals surface area contributed by atoms with Gasteiger partial charge >= 0.3 is 0 Å². The third kappa shape index (κ3) is 3.54. The maximum Gasteiger partial charge on any atom is 0.242 e. The van der Waals surface area contributed by atoms with Crippen LogP contribution in [0.2, 0.25) is 0 Å². The van der Waals surface area contributed by atoms with Crippen molar-refractivity contribution in [1.82, 2.24) is 20.4 Å². The SMILES string of the molecule is CNC(C(=O)NC(C)c1ccc(C)c(C)c1)c1cnn(C)c1. The van der Waals surface area contributed by atoms with Gasteiger partial charge in [0.15, 0.2) is 0 Å². The van der Waals surface area contributed by atoms with Gasteiger partial charge in [0.05, 0.1) is 12.2 Å². The molecule has 2 rings (SSSR count). The molecule has 0 aliphatic rings. The zero-order valence-electron chi connectivity index (χ0n) is 13.8. The van der Waals surface area contributed by atoms with Gasteiger partial charge in [-0.3, -0.25) is 9.48 Å². The molecule has 22 heavy (non-hydrogen) atoms. The van der Waals surface area contributed by atoms with Gasteiger partial charge in [-0.1, -0.05) is 18.2 Å². The van der Waals surface area contributed by atoms with Crippen LogP contribution >= 0.6 is 0 Å². The Labute approximate surface area is 131 Å². The van der Waals surface area contributed by atoms with Gasteiger partial charge in [-0.2, -0.15) is 5.10 Å². The van der Waals surface area contributed by atoms with E-state index in [2.05, 4.69) is 47.8 Å². The van der Waals surface area contributed by atoms with Crippen molar-refractivity contribution in [3.8, 4) is 0 Å². The van der Waals surface area contributed by atoms with Crippen LogP contribution in [0, 0.1) is 13.8 Å². The van der Waals surface area contributed by atoms with E-state index in [1.807, 2.05) is 20.2 Å². The Kier molecular flexibility index (Phi) is 4.98. The maximum absolute atomic E-state index is 12.5. The number of amides is 1. The lowest BCUT2D eigenvalue weighted by molar-refractivity contribution is -0.123. The predicted molar refractivity (Wildman–Crippen MR) is 87.5 cm³/mol. The Balaban J connectivity index is 2.10. The highest BCUT2D eigenvalue weighted by molar-refractivity contribution is 5.83. The zero-order chi connectivity index (χ0) is 16.3. The summed E-state index contributed by atoms with van der Waals surface area (Å²) in [7, 11) is 3.61. The van der Waals surface area contributed by atoms with E-state index in [-0.39, 0.29) is 11.9 Å². The maximum atomic E-state index is 12.5. The molecule has 0 bridgehead atoms. The van der Waals surface area contributed by atoms with E-state index < -0.39 is 6.04 Å². The molecule has 0 saturated heterocycles. The van der Waals surface area contributed by atoms with E-state index in [9.17, 15) is 4.79 Å². The molecular formula is C17H24N4O. The first kappa shape index (κ1) is 16.2. The number of likely N-dealkylation sites (N-methyl/N-ethyl adjacent to an activating group) is 1. The molecule has 2 aromatic rings. The van der Waals surface area contributed by atoms with Crippen LogP contribution < -0.4 is 10.6 Å². The fourth-order valence-electron chi connectivity index (χ4n) is 2.45. The van der Waals surface area contributed by atoms with Gasteiger partial charge in [0.2, 0.25) is 5.91 Å². The summed E-state index contributed by atoms with van der Waals surface area (Å²) in [6.07, 6.45) is 3.56. The number of rotatable bonds is 5. The van der Waals surface area contributed by atoms with Gasteiger partial charge in [0.1, 0.15) is 6.04 Å². The molecular weight excluding hydrogens is 276 g/mol. The number of nitrogens with zero attached hydrogens (tertiary/aromatic N) is 2. The van der Waals surface area contributed by atoms with Crippen LogP contribution in [0.3, 0.4) is 0 Å². The molecule has 2 atom stereocenters. The van der Waals surface area contributed by atoms with Crippen LogP contribution in [0.25, 0.3) is 0 Å². The minimum absolute atomic E-state index is 0.0423. The topological polar surface area (TPSA) is 59.0 Å². The monoisotopic (exact) mass is 300 g/mol. The standard InChI is InChI=1S/C17H24N4O/c1-11-6-7-14(8-12(11)2)13(3)20-17(22)16(18-4)15-9-19-21(5)10-15/h6-10,13,16,18H,1-5H3,(H,20,22). The summed E-state index contributed by atoms with van der Waals surface area (Å²) in [5.41, 5.74) is 4.45. The average Bonchev–Trinajstić information content (AvgIpc) is 2.89. The van der Waals surface area contributed by atoms with Crippen molar-refractivity contribution in [2.45, 2.75) is 32.9 Å². The normalized spacial score (nSPS) is 13.7. The Bertz CT molecular complexity index is 662. The van der Waals surface area contributed by atoms with Crippen LogP contribution in [0.15, 0.2) is 30.6 Å². The highest BCUT2D eigenvalue weighted by Gasteiger charge is 2.22. The molecule has 2 unspecified atom stereocenters. The molecule has 0 fully saturated rings. The molecule has 2 N–H and O–H groups in total. The Hall–Kier alpha value is -2.14. The second-order valence-corrected chi connectivity index (χ2v) is 5.74. The molecule has 0 saturated carbocycles. The third-order valence-corrected chi connectivity index (χ3v) is 4.00. The van der Waals surface area contributed by atoms with E-state index in [1.54, 1.807) is 17.9 Å².